The molecule has 3 rings (SSSR count). The van der Waals surface area contributed by atoms with Gasteiger partial charge in [0.05, 0.1) is 11.8 Å². The molecule has 118 valence electrons. The van der Waals surface area contributed by atoms with Crippen molar-refractivity contribution >= 4 is 32.9 Å². The highest BCUT2D eigenvalue weighted by molar-refractivity contribution is 8.14. The molecule has 0 spiro atoms. The highest BCUT2D eigenvalue weighted by Gasteiger charge is 2.42. The number of carbonyl (C=O) groups is 2. The van der Waals surface area contributed by atoms with Crippen molar-refractivity contribution < 1.29 is 22.4 Å². The quantitative estimate of drug-likeness (QED) is 0.826. The molecule has 2 heterocycles. The van der Waals surface area contributed by atoms with Crippen LogP contribution in [-0.4, -0.2) is 53.7 Å². The minimum Gasteiger partial charge on any atom is -0.273 e. The minimum absolute atomic E-state index is 0.00864. The molecule has 1 atom stereocenters. The van der Waals surface area contributed by atoms with Crippen LogP contribution in [0.2, 0.25) is 0 Å². The Morgan fingerprint density at radius 3 is 2.59 bits per heavy atom. The lowest BCUT2D eigenvalue weighted by atomic mass is 10.2. The second kappa shape index (κ2) is 5.64. The molecule has 1 aromatic carbocycles. The third-order valence-electron chi connectivity index (χ3n) is 3.73. The average Bonchev–Trinajstić information content (AvgIpc) is 3.06. The number of halogens is 1. The maximum absolute atomic E-state index is 13.7. The van der Waals surface area contributed by atoms with Crippen LogP contribution in [0, 0.1) is 5.82 Å². The van der Waals surface area contributed by atoms with E-state index < -0.39 is 21.9 Å². The molecule has 0 saturated carbocycles. The van der Waals surface area contributed by atoms with Crippen molar-refractivity contribution in [3.8, 4) is 0 Å². The van der Waals surface area contributed by atoms with Gasteiger partial charge in [0.1, 0.15) is 10.7 Å². The third-order valence-corrected chi connectivity index (χ3v) is 6.46. The van der Waals surface area contributed by atoms with Crippen LogP contribution in [0.25, 0.3) is 0 Å². The predicted octanol–water partition coefficient (Wildman–Crippen LogP) is 1.28. The molecular formula is C13H13FN2O4S2. The number of sulfonamides is 1. The Kier molecular flexibility index (Phi) is 3.96. The predicted molar refractivity (Wildman–Crippen MR) is 78.3 cm³/mol. The summed E-state index contributed by atoms with van der Waals surface area (Å²) >= 11 is 0.917. The lowest BCUT2D eigenvalue weighted by Crippen LogP contribution is -2.41. The van der Waals surface area contributed by atoms with Gasteiger partial charge in [-0.3, -0.25) is 14.5 Å². The summed E-state index contributed by atoms with van der Waals surface area (Å²) in [5, 5.41) is -0.347. The average molecular weight is 344 g/mol. The number of hydrogen-bond acceptors (Lipinski definition) is 5. The second-order valence-electron chi connectivity index (χ2n) is 5.05. The fraction of sp³-hybridized carbons (Fsp3) is 0.385. The van der Waals surface area contributed by atoms with Crippen molar-refractivity contribution in [3.05, 3.63) is 30.1 Å². The Morgan fingerprint density at radius 2 is 1.95 bits per heavy atom. The van der Waals surface area contributed by atoms with Crippen molar-refractivity contribution in [2.75, 3.05) is 18.8 Å². The van der Waals surface area contributed by atoms with E-state index in [1.165, 1.54) is 18.2 Å². The highest BCUT2D eigenvalue weighted by atomic mass is 32.2. The first-order chi connectivity index (χ1) is 10.4. The summed E-state index contributed by atoms with van der Waals surface area (Å²) < 4.78 is 39.8. The minimum atomic E-state index is -3.96. The monoisotopic (exact) mass is 344 g/mol. The zero-order valence-electron chi connectivity index (χ0n) is 11.4. The molecule has 0 radical (unpaired) electrons. The first-order valence-electron chi connectivity index (χ1n) is 6.65. The molecule has 9 heteroatoms. The molecule has 2 aliphatic rings. The van der Waals surface area contributed by atoms with Crippen molar-refractivity contribution in [3.63, 3.8) is 0 Å². The maximum atomic E-state index is 13.7. The molecule has 6 nitrogen and oxygen atoms in total. The summed E-state index contributed by atoms with van der Waals surface area (Å²) in [6.45, 7) is 0.164. The SMILES string of the molecule is O=C1CSC(=O)N1C1CCN(S(=O)(=O)c2ccccc2F)C1. The van der Waals surface area contributed by atoms with Crippen LogP contribution >= 0.6 is 11.8 Å². The van der Waals surface area contributed by atoms with Gasteiger partial charge in [0.15, 0.2) is 0 Å². The summed E-state index contributed by atoms with van der Waals surface area (Å²) in [6, 6.07) is 4.69. The van der Waals surface area contributed by atoms with E-state index in [1.54, 1.807) is 0 Å². The van der Waals surface area contributed by atoms with Gasteiger partial charge in [-0.1, -0.05) is 23.9 Å². The largest absolute Gasteiger partial charge is 0.289 e. The summed E-state index contributed by atoms with van der Waals surface area (Å²) in [6.07, 6.45) is 0.367. The number of benzene rings is 1. The van der Waals surface area contributed by atoms with Crippen LogP contribution < -0.4 is 0 Å². The standard InChI is InChI=1S/C13H13FN2O4S2/c14-10-3-1-2-4-11(10)22(19,20)15-6-5-9(7-15)16-12(17)8-21-13(16)18/h1-4,9H,5-8H2. The summed E-state index contributed by atoms with van der Waals surface area (Å²) in [4.78, 5) is 24.1. The smallest absolute Gasteiger partial charge is 0.273 e. The Balaban J connectivity index is 1.82. The first-order valence-corrected chi connectivity index (χ1v) is 9.07. The Morgan fingerprint density at radius 1 is 1.23 bits per heavy atom. The molecule has 2 saturated heterocycles. The molecule has 2 fully saturated rings. The fourth-order valence-corrected chi connectivity index (χ4v) is 4.98. The number of hydrogen-bond donors (Lipinski definition) is 0. The zero-order valence-corrected chi connectivity index (χ0v) is 13.1. The topological polar surface area (TPSA) is 74.8 Å². The van der Waals surface area contributed by atoms with Crippen LogP contribution in [0.3, 0.4) is 0 Å². The molecule has 0 aliphatic carbocycles. The van der Waals surface area contributed by atoms with Gasteiger partial charge in [-0.2, -0.15) is 4.31 Å². The lowest BCUT2D eigenvalue weighted by Gasteiger charge is -2.21. The van der Waals surface area contributed by atoms with Crippen molar-refractivity contribution in [2.45, 2.75) is 17.4 Å². The molecular weight excluding hydrogens is 331 g/mol. The van der Waals surface area contributed by atoms with Gasteiger partial charge in [-0.25, -0.2) is 12.8 Å². The number of rotatable bonds is 3. The lowest BCUT2D eigenvalue weighted by molar-refractivity contribution is -0.126. The van der Waals surface area contributed by atoms with E-state index in [1.807, 2.05) is 0 Å². The molecule has 2 aliphatic heterocycles. The highest BCUT2D eigenvalue weighted by Crippen LogP contribution is 2.29. The van der Waals surface area contributed by atoms with Crippen LogP contribution in [0.4, 0.5) is 9.18 Å². The molecule has 1 aromatic rings. The Hall–Kier alpha value is -1.45. The van der Waals surface area contributed by atoms with E-state index in [0.29, 0.717) is 6.42 Å². The number of carbonyl (C=O) groups excluding carboxylic acids is 2. The van der Waals surface area contributed by atoms with E-state index >= 15 is 0 Å². The normalized spacial score (nSPS) is 23.5. The summed E-state index contributed by atoms with van der Waals surface area (Å²) in [5.41, 5.74) is 0. The van der Waals surface area contributed by atoms with Crippen LogP contribution in [0.5, 0.6) is 0 Å². The maximum Gasteiger partial charge on any atom is 0.289 e. The third kappa shape index (κ3) is 2.53. The molecule has 0 N–H and O–H groups in total. The number of imide groups is 1. The van der Waals surface area contributed by atoms with Gasteiger partial charge >= 0.3 is 0 Å². The van der Waals surface area contributed by atoms with E-state index in [0.717, 1.165) is 27.0 Å². The van der Waals surface area contributed by atoms with Crippen molar-refractivity contribution in [2.24, 2.45) is 0 Å². The van der Waals surface area contributed by atoms with E-state index in [2.05, 4.69) is 0 Å². The van der Waals surface area contributed by atoms with Crippen molar-refractivity contribution in [1.29, 1.82) is 0 Å². The molecule has 2 amide bonds. The molecule has 0 aromatic heterocycles. The fourth-order valence-electron chi connectivity index (χ4n) is 2.65. The molecule has 0 bridgehead atoms. The van der Waals surface area contributed by atoms with Gasteiger partial charge in [0, 0.05) is 13.1 Å². The van der Waals surface area contributed by atoms with Gasteiger partial charge in [0.2, 0.25) is 15.9 Å². The molecule has 22 heavy (non-hydrogen) atoms. The first kappa shape index (κ1) is 15.4. The van der Waals surface area contributed by atoms with E-state index in [-0.39, 0.29) is 34.9 Å². The van der Waals surface area contributed by atoms with E-state index in [9.17, 15) is 22.4 Å². The van der Waals surface area contributed by atoms with Crippen LogP contribution in [0.15, 0.2) is 29.2 Å². The Bertz CT molecular complexity index is 721. The van der Waals surface area contributed by atoms with Crippen LogP contribution in [0.1, 0.15) is 6.42 Å². The van der Waals surface area contributed by atoms with Gasteiger partial charge in [-0.05, 0) is 18.6 Å². The van der Waals surface area contributed by atoms with Crippen LogP contribution in [-0.2, 0) is 14.8 Å². The number of amides is 2. The molecule has 1 unspecified atom stereocenters. The number of thioether (sulfide) groups is 1. The second-order valence-corrected chi connectivity index (χ2v) is 7.89. The van der Waals surface area contributed by atoms with Gasteiger partial charge in [-0.15, -0.1) is 0 Å². The van der Waals surface area contributed by atoms with E-state index in [4.69, 9.17) is 0 Å². The van der Waals surface area contributed by atoms with Crippen molar-refractivity contribution in [1.82, 2.24) is 9.21 Å². The number of nitrogens with zero attached hydrogens (tertiary/aromatic N) is 2. The summed E-state index contributed by atoms with van der Waals surface area (Å²) in [7, 11) is -3.96. The zero-order chi connectivity index (χ0) is 15.9. The Labute approximate surface area is 131 Å². The summed E-state index contributed by atoms with van der Waals surface area (Å²) in [5.74, 6) is -1.02. The van der Waals surface area contributed by atoms with Gasteiger partial charge in [0.25, 0.3) is 5.24 Å². The van der Waals surface area contributed by atoms with Gasteiger partial charge < -0.3 is 0 Å².